The van der Waals surface area contributed by atoms with E-state index in [0.29, 0.717) is 27.5 Å². The summed E-state index contributed by atoms with van der Waals surface area (Å²) in [5.41, 5.74) is 1.15. The lowest BCUT2D eigenvalue weighted by Gasteiger charge is -2.20. The molecule has 0 spiro atoms. The predicted octanol–water partition coefficient (Wildman–Crippen LogP) is 6.67. The number of carboxylic acids is 1. The maximum atomic E-state index is 13.3. The molecule has 0 aromatic heterocycles. The Balaban J connectivity index is 1.53. The molecular weight excluding hydrogens is 482 g/mol. The van der Waals surface area contributed by atoms with Gasteiger partial charge in [-0.05, 0) is 96.2 Å². The van der Waals surface area contributed by atoms with Gasteiger partial charge in [-0.25, -0.2) is 13.2 Å². The Labute approximate surface area is 209 Å². The highest BCUT2D eigenvalue weighted by atomic mass is 32.3. The summed E-state index contributed by atoms with van der Waals surface area (Å²) in [7, 11) is -3.92. The maximum absolute atomic E-state index is 13.3. The summed E-state index contributed by atoms with van der Waals surface area (Å²) in [5.74, 6) is 0.196. The molecule has 180 valence electrons. The summed E-state index contributed by atoms with van der Waals surface area (Å²) in [6, 6.07) is 23.8. The van der Waals surface area contributed by atoms with Crippen LogP contribution < -0.4 is 4.74 Å². The van der Waals surface area contributed by atoms with Crippen molar-refractivity contribution in [2.75, 3.05) is 6.54 Å². The van der Waals surface area contributed by atoms with Crippen LogP contribution in [0.3, 0.4) is 0 Å². The first-order valence-corrected chi connectivity index (χ1v) is 13.2. The first kappa shape index (κ1) is 24.8. The van der Waals surface area contributed by atoms with Crippen LogP contribution in [0.25, 0.3) is 10.8 Å². The molecule has 0 radical (unpaired) electrons. The number of aryl methyl sites for hydroxylation is 1. The molecule has 0 aliphatic heterocycles. The Kier molecular flexibility index (Phi) is 7.16. The van der Waals surface area contributed by atoms with Gasteiger partial charge in [0, 0.05) is 11.4 Å². The van der Waals surface area contributed by atoms with E-state index < -0.39 is 16.0 Å². The number of nitrogens with zero attached hydrogens (tertiary/aromatic N) is 1. The highest BCUT2D eigenvalue weighted by Crippen LogP contribution is 2.33. The van der Waals surface area contributed by atoms with Crippen molar-refractivity contribution in [1.29, 1.82) is 0 Å². The van der Waals surface area contributed by atoms with Gasteiger partial charge in [-0.1, -0.05) is 37.3 Å². The molecule has 6 nitrogen and oxygen atoms in total. The monoisotopic (exact) mass is 507 g/mol. The molecule has 0 bridgehead atoms. The standard InChI is InChI=1S/C27H25NO5S2/c1-4-28(35(31,32)25-15-18(2)19(3)26(17-25)27(29)30)34-24-13-11-22(12-14-24)33-23-10-9-20-7-5-6-8-21(20)16-23/h5-17H,4H2,1-3H3,(H,29,30). The van der Waals surface area contributed by atoms with Gasteiger partial charge in [0.2, 0.25) is 0 Å². The van der Waals surface area contributed by atoms with Crippen LogP contribution in [0.5, 0.6) is 11.5 Å². The van der Waals surface area contributed by atoms with E-state index in [4.69, 9.17) is 4.74 Å². The quantitative estimate of drug-likeness (QED) is 0.268. The average Bonchev–Trinajstić information content (AvgIpc) is 2.84. The number of carbonyl (C=O) groups is 1. The Bertz CT molecular complexity index is 1500. The van der Waals surface area contributed by atoms with Crippen LogP contribution in [0, 0.1) is 13.8 Å². The summed E-state index contributed by atoms with van der Waals surface area (Å²) >= 11 is 1.07. The Morgan fingerprint density at radius 1 is 0.914 bits per heavy atom. The van der Waals surface area contributed by atoms with E-state index in [1.54, 1.807) is 45.0 Å². The summed E-state index contributed by atoms with van der Waals surface area (Å²) in [5, 5.41) is 11.7. The van der Waals surface area contributed by atoms with Crippen LogP contribution >= 0.6 is 11.9 Å². The third kappa shape index (κ3) is 5.35. The number of fused-ring (bicyclic) bond motifs is 1. The second-order valence-electron chi connectivity index (χ2n) is 8.02. The molecule has 0 saturated heterocycles. The lowest BCUT2D eigenvalue weighted by Crippen LogP contribution is -2.25. The van der Waals surface area contributed by atoms with Crippen molar-refractivity contribution in [3.8, 4) is 11.5 Å². The minimum Gasteiger partial charge on any atom is -0.478 e. The zero-order valence-corrected chi connectivity index (χ0v) is 21.2. The summed E-state index contributed by atoms with van der Waals surface area (Å²) in [4.78, 5) is 12.3. The molecule has 0 unspecified atom stereocenters. The number of rotatable bonds is 8. The molecule has 0 atom stereocenters. The number of benzene rings is 4. The molecule has 0 amide bonds. The summed E-state index contributed by atoms with van der Waals surface area (Å²) < 4.78 is 33.8. The molecule has 0 heterocycles. The number of sulfonamides is 1. The second kappa shape index (κ2) is 10.1. The van der Waals surface area contributed by atoms with Gasteiger partial charge >= 0.3 is 5.97 Å². The fourth-order valence-corrected chi connectivity index (χ4v) is 6.35. The molecule has 4 aromatic rings. The zero-order chi connectivity index (χ0) is 25.2. The average molecular weight is 508 g/mol. The minimum atomic E-state index is -3.92. The third-order valence-corrected chi connectivity index (χ3v) is 9.07. The molecular formula is C27H25NO5S2. The first-order chi connectivity index (χ1) is 16.7. The van der Waals surface area contributed by atoms with Crippen LogP contribution in [-0.4, -0.2) is 29.7 Å². The number of carboxylic acid groups (broad SMARTS) is 1. The highest BCUT2D eigenvalue weighted by molar-refractivity contribution is 8.08. The number of aromatic carboxylic acids is 1. The Hall–Kier alpha value is -3.33. The number of ether oxygens (including phenoxy) is 1. The Morgan fingerprint density at radius 3 is 2.23 bits per heavy atom. The molecule has 0 aliphatic rings. The maximum Gasteiger partial charge on any atom is 0.336 e. The fourth-order valence-electron chi connectivity index (χ4n) is 3.65. The minimum absolute atomic E-state index is 0.0141. The van der Waals surface area contributed by atoms with Gasteiger partial charge in [0.1, 0.15) is 11.5 Å². The Morgan fingerprint density at radius 2 is 1.57 bits per heavy atom. The van der Waals surface area contributed by atoms with Gasteiger partial charge in [-0.3, -0.25) is 0 Å². The number of hydrogen-bond donors (Lipinski definition) is 1. The normalized spacial score (nSPS) is 11.7. The van der Waals surface area contributed by atoms with Crippen molar-refractivity contribution >= 4 is 38.7 Å². The van der Waals surface area contributed by atoms with Crippen LogP contribution in [0.2, 0.25) is 0 Å². The third-order valence-electron chi connectivity index (χ3n) is 5.68. The first-order valence-electron chi connectivity index (χ1n) is 11.0. The lowest BCUT2D eigenvalue weighted by molar-refractivity contribution is 0.0695. The van der Waals surface area contributed by atoms with E-state index in [1.807, 2.05) is 42.5 Å². The van der Waals surface area contributed by atoms with E-state index in [2.05, 4.69) is 0 Å². The molecule has 0 fully saturated rings. The van der Waals surface area contributed by atoms with Crippen LogP contribution in [0.15, 0.2) is 88.7 Å². The van der Waals surface area contributed by atoms with Crippen molar-refractivity contribution in [2.24, 2.45) is 0 Å². The van der Waals surface area contributed by atoms with Crippen molar-refractivity contribution in [3.05, 3.63) is 95.6 Å². The van der Waals surface area contributed by atoms with E-state index in [9.17, 15) is 18.3 Å². The van der Waals surface area contributed by atoms with Gasteiger partial charge < -0.3 is 9.84 Å². The van der Waals surface area contributed by atoms with Crippen LogP contribution in [-0.2, 0) is 10.0 Å². The van der Waals surface area contributed by atoms with Crippen molar-refractivity contribution in [3.63, 3.8) is 0 Å². The number of hydrogen-bond acceptors (Lipinski definition) is 5. The van der Waals surface area contributed by atoms with E-state index in [-0.39, 0.29) is 17.0 Å². The smallest absolute Gasteiger partial charge is 0.336 e. The lowest BCUT2D eigenvalue weighted by atomic mass is 10.0. The van der Waals surface area contributed by atoms with Crippen molar-refractivity contribution in [2.45, 2.75) is 30.6 Å². The van der Waals surface area contributed by atoms with Gasteiger partial charge in [-0.15, -0.1) is 3.71 Å². The van der Waals surface area contributed by atoms with Crippen molar-refractivity contribution < 1.29 is 23.1 Å². The van der Waals surface area contributed by atoms with Crippen molar-refractivity contribution in [1.82, 2.24) is 3.71 Å². The second-order valence-corrected chi connectivity index (χ2v) is 11.2. The SMILES string of the molecule is CCN(Sc1ccc(Oc2ccc3ccccc3c2)cc1)S(=O)(=O)c1cc(C)c(C)c(C(=O)O)c1. The molecule has 8 heteroatoms. The fraction of sp³-hybridized carbons (Fsp3) is 0.148. The topological polar surface area (TPSA) is 83.9 Å². The molecule has 0 aliphatic carbocycles. The molecule has 35 heavy (non-hydrogen) atoms. The molecule has 4 aromatic carbocycles. The van der Waals surface area contributed by atoms with E-state index >= 15 is 0 Å². The highest BCUT2D eigenvalue weighted by Gasteiger charge is 2.27. The molecule has 1 N–H and O–H groups in total. The summed E-state index contributed by atoms with van der Waals surface area (Å²) in [6.07, 6.45) is 0. The van der Waals surface area contributed by atoms with Crippen LogP contribution in [0.1, 0.15) is 28.4 Å². The van der Waals surface area contributed by atoms with Crippen LogP contribution in [0.4, 0.5) is 0 Å². The molecule has 4 rings (SSSR count). The van der Waals surface area contributed by atoms with Gasteiger partial charge in [0.15, 0.2) is 0 Å². The van der Waals surface area contributed by atoms with Gasteiger partial charge in [0.25, 0.3) is 10.0 Å². The predicted molar refractivity (Wildman–Crippen MR) is 139 cm³/mol. The largest absolute Gasteiger partial charge is 0.478 e. The van der Waals surface area contributed by atoms with Gasteiger partial charge in [0.05, 0.1) is 10.5 Å². The molecule has 0 saturated carbocycles. The van der Waals surface area contributed by atoms with E-state index in [0.717, 1.165) is 22.7 Å². The zero-order valence-electron chi connectivity index (χ0n) is 19.6. The summed E-state index contributed by atoms with van der Waals surface area (Å²) in [6.45, 7) is 5.32. The van der Waals surface area contributed by atoms with Gasteiger partial charge in [-0.2, -0.15) is 0 Å². The van der Waals surface area contributed by atoms with E-state index in [1.165, 1.54) is 15.8 Å².